The minimum Gasteiger partial charge on any atom is -0.494 e. The molecule has 0 unspecified atom stereocenters. The van der Waals surface area contributed by atoms with Gasteiger partial charge in [0.15, 0.2) is 6.10 Å². The van der Waals surface area contributed by atoms with Gasteiger partial charge in [0.2, 0.25) is 0 Å². The SMILES string of the molecule is CCOC(=O)C=Cc1ccc(OCCCCCC(=O)OCC(COC(=O)CCCCCOc2ccc(C=CC(=O)OCC)cc2)OC(=O)CCCCCOc2ccc(C=CC(=O)OCC)cc2)cc1. The zero-order valence-electron chi connectivity index (χ0n) is 40.2. The number of carbonyl (C=O) groups excluding carboxylic acids is 6. The highest BCUT2D eigenvalue weighted by Gasteiger charge is 2.20. The van der Waals surface area contributed by atoms with E-state index in [0.29, 0.717) is 102 Å². The van der Waals surface area contributed by atoms with Crippen LogP contribution in [-0.2, 0) is 57.2 Å². The Hall–Kier alpha value is -6.90. The lowest BCUT2D eigenvalue weighted by atomic mass is 10.2. The fourth-order valence-electron chi connectivity index (χ4n) is 6.18. The lowest BCUT2D eigenvalue weighted by molar-refractivity contribution is -0.167. The third kappa shape index (κ3) is 27.5. The van der Waals surface area contributed by atoms with Crippen molar-refractivity contribution in [2.24, 2.45) is 0 Å². The van der Waals surface area contributed by atoms with E-state index in [-0.39, 0.29) is 32.5 Å². The molecule has 374 valence electrons. The number of unbranched alkanes of at least 4 members (excludes halogenated alkanes) is 6. The third-order valence-corrected chi connectivity index (χ3v) is 9.78. The highest BCUT2D eigenvalue weighted by Crippen LogP contribution is 2.17. The molecule has 3 rings (SSSR count). The Bertz CT molecular complexity index is 1950. The maximum Gasteiger partial charge on any atom is 0.330 e. The predicted molar refractivity (Wildman–Crippen MR) is 260 cm³/mol. The molecule has 0 spiro atoms. The summed E-state index contributed by atoms with van der Waals surface area (Å²) >= 11 is 0. The second kappa shape index (κ2) is 35.3. The quantitative estimate of drug-likeness (QED) is 0.0235. The van der Waals surface area contributed by atoms with Gasteiger partial charge in [0.1, 0.15) is 30.5 Å². The largest absolute Gasteiger partial charge is 0.494 e. The van der Waals surface area contributed by atoms with Crippen molar-refractivity contribution in [2.45, 2.75) is 104 Å². The van der Waals surface area contributed by atoms with Crippen molar-refractivity contribution in [3.63, 3.8) is 0 Å². The molecule has 0 saturated heterocycles. The third-order valence-electron chi connectivity index (χ3n) is 9.78. The Morgan fingerprint density at radius 2 is 0.696 bits per heavy atom. The molecule has 15 heteroatoms. The molecule has 0 saturated carbocycles. The Kier molecular flexibility index (Phi) is 28.8. The van der Waals surface area contributed by atoms with Crippen LogP contribution in [0.4, 0.5) is 0 Å². The smallest absolute Gasteiger partial charge is 0.330 e. The molecule has 0 aliphatic rings. The second-order valence-corrected chi connectivity index (χ2v) is 15.4. The first kappa shape index (κ1) is 56.4. The van der Waals surface area contributed by atoms with Crippen molar-refractivity contribution < 1.29 is 71.4 Å². The number of benzene rings is 3. The fourth-order valence-corrected chi connectivity index (χ4v) is 6.18. The van der Waals surface area contributed by atoms with Crippen LogP contribution in [0.1, 0.15) is 115 Å². The van der Waals surface area contributed by atoms with Crippen LogP contribution in [0, 0.1) is 0 Å². The Balaban J connectivity index is 1.37. The van der Waals surface area contributed by atoms with E-state index in [1.807, 2.05) is 72.8 Å². The summed E-state index contributed by atoms with van der Waals surface area (Å²) in [6.07, 6.45) is 14.5. The van der Waals surface area contributed by atoms with Crippen LogP contribution >= 0.6 is 0 Å². The number of carbonyl (C=O) groups is 6. The van der Waals surface area contributed by atoms with Gasteiger partial charge in [0.25, 0.3) is 0 Å². The van der Waals surface area contributed by atoms with Crippen LogP contribution < -0.4 is 14.2 Å². The molecule has 69 heavy (non-hydrogen) atoms. The molecule has 0 amide bonds. The van der Waals surface area contributed by atoms with Gasteiger partial charge in [-0.15, -0.1) is 0 Å². The van der Waals surface area contributed by atoms with Crippen molar-refractivity contribution in [3.8, 4) is 17.2 Å². The van der Waals surface area contributed by atoms with Gasteiger partial charge in [-0.05, 0) is 150 Å². The van der Waals surface area contributed by atoms with Crippen molar-refractivity contribution in [3.05, 3.63) is 108 Å². The van der Waals surface area contributed by atoms with Gasteiger partial charge in [-0.2, -0.15) is 0 Å². The molecule has 3 aromatic rings. The summed E-state index contributed by atoms with van der Waals surface area (Å²) in [5.74, 6) is -0.555. The van der Waals surface area contributed by atoms with Gasteiger partial charge in [-0.3, -0.25) is 14.4 Å². The average Bonchev–Trinajstić information content (AvgIpc) is 3.35. The summed E-state index contributed by atoms with van der Waals surface area (Å²) in [6.45, 7) is 7.04. The molecule has 0 atom stereocenters. The lowest BCUT2D eigenvalue weighted by Gasteiger charge is -2.18. The number of hydrogen-bond donors (Lipinski definition) is 0. The normalized spacial score (nSPS) is 11.5. The fraction of sp³-hybridized carbons (Fsp3) is 0.444. The van der Waals surface area contributed by atoms with Crippen LogP contribution in [-0.4, -0.2) is 94.8 Å². The zero-order valence-corrected chi connectivity index (χ0v) is 40.2. The van der Waals surface area contributed by atoms with Gasteiger partial charge in [0.05, 0.1) is 39.6 Å². The first-order valence-corrected chi connectivity index (χ1v) is 23.8. The molecule has 0 aliphatic carbocycles. The summed E-state index contributed by atoms with van der Waals surface area (Å²) in [7, 11) is 0. The van der Waals surface area contributed by atoms with Crippen molar-refractivity contribution >= 4 is 54.0 Å². The first-order chi connectivity index (χ1) is 33.6. The minimum absolute atomic E-state index is 0.122. The maximum absolute atomic E-state index is 12.9. The number of ether oxygens (including phenoxy) is 9. The van der Waals surface area contributed by atoms with Crippen molar-refractivity contribution in [1.29, 1.82) is 0 Å². The Morgan fingerprint density at radius 3 is 1.00 bits per heavy atom. The van der Waals surface area contributed by atoms with E-state index in [9.17, 15) is 28.8 Å². The summed E-state index contributed by atoms with van der Waals surface area (Å²) in [6, 6.07) is 21.9. The molecular formula is C54H68O15. The summed E-state index contributed by atoms with van der Waals surface area (Å²) < 4.78 is 48.6. The highest BCUT2D eigenvalue weighted by atomic mass is 16.6. The monoisotopic (exact) mass is 956 g/mol. The number of rotatable bonds is 35. The van der Waals surface area contributed by atoms with Crippen LogP contribution in [0.2, 0.25) is 0 Å². The van der Waals surface area contributed by atoms with E-state index in [1.165, 1.54) is 18.2 Å². The van der Waals surface area contributed by atoms with Gasteiger partial charge < -0.3 is 42.6 Å². The van der Waals surface area contributed by atoms with Crippen LogP contribution in [0.3, 0.4) is 0 Å². The summed E-state index contributed by atoms with van der Waals surface area (Å²) in [5, 5.41) is 0. The molecule has 15 nitrogen and oxygen atoms in total. The standard InChI is InChI=1S/C54H68O15/c1-4-61-51(57)34-25-42-19-28-45(29-20-42)64-37-13-7-10-16-49(55)67-40-48(69-54(60)18-12-9-15-39-66-47-32-23-44(24-33-47)27-36-53(59)63-6-3)41-68-50(56)17-11-8-14-38-65-46-30-21-43(22-31-46)26-35-52(58)62-5-2/h19-36,48H,4-18,37-41H2,1-3H3. The molecule has 0 fully saturated rings. The average molecular weight is 957 g/mol. The van der Waals surface area contributed by atoms with E-state index in [0.717, 1.165) is 29.5 Å². The van der Waals surface area contributed by atoms with E-state index in [1.54, 1.807) is 39.0 Å². The first-order valence-electron chi connectivity index (χ1n) is 23.8. The minimum atomic E-state index is -0.968. The van der Waals surface area contributed by atoms with E-state index in [4.69, 9.17) is 42.6 Å². The summed E-state index contributed by atoms with van der Waals surface area (Å²) in [5.41, 5.74) is 2.51. The molecule has 0 N–H and O–H groups in total. The molecule has 0 heterocycles. The van der Waals surface area contributed by atoms with Crippen LogP contribution in [0.15, 0.2) is 91.0 Å². The van der Waals surface area contributed by atoms with Gasteiger partial charge in [0, 0.05) is 37.5 Å². The lowest BCUT2D eigenvalue weighted by Crippen LogP contribution is -2.30. The van der Waals surface area contributed by atoms with Gasteiger partial charge in [-0.1, -0.05) is 36.4 Å². The number of hydrogen-bond acceptors (Lipinski definition) is 15. The Labute approximate surface area is 406 Å². The molecule has 0 radical (unpaired) electrons. The highest BCUT2D eigenvalue weighted by molar-refractivity contribution is 5.88. The maximum atomic E-state index is 12.9. The molecule has 3 aromatic carbocycles. The van der Waals surface area contributed by atoms with E-state index >= 15 is 0 Å². The molecule has 0 aliphatic heterocycles. The van der Waals surface area contributed by atoms with Gasteiger partial charge >= 0.3 is 35.8 Å². The summed E-state index contributed by atoms with van der Waals surface area (Å²) in [4.78, 5) is 72.8. The van der Waals surface area contributed by atoms with Crippen LogP contribution in [0.25, 0.3) is 18.2 Å². The Morgan fingerprint density at radius 1 is 0.391 bits per heavy atom. The van der Waals surface area contributed by atoms with E-state index in [2.05, 4.69) is 0 Å². The van der Waals surface area contributed by atoms with E-state index < -0.39 is 41.9 Å². The van der Waals surface area contributed by atoms with Crippen molar-refractivity contribution in [1.82, 2.24) is 0 Å². The van der Waals surface area contributed by atoms with Crippen molar-refractivity contribution in [2.75, 3.05) is 52.9 Å². The molecular weight excluding hydrogens is 889 g/mol. The second-order valence-electron chi connectivity index (χ2n) is 15.4. The number of esters is 6. The molecule has 0 aromatic heterocycles. The van der Waals surface area contributed by atoms with Crippen LogP contribution in [0.5, 0.6) is 17.2 Å². The zero-order chi connectivity index (χ0) is 49.7. The predicted octanol–water partition coefficient (Wildman–Crippen LogP) is 9.63. The molecule has 0 bridgehead atoms. The van der Waals surface area contributed by atoms with Gasteiger partial charge in [-0.25, -0.2) is 14.4 Å². The topological polar surface area (TPSA) is 185 Å².